The zero-order chi connectivity index (χ0) is 20.5. The largest absolute Gasteiger partial charge is 0.493 e. The van der Waals surface area contributed by atoms with E-state index in [0.717, 1.165) is 44.2 Å². The number of unbranched alkanes of at least 4 members (excludes halogenated alkanes) is 1. The number of rotatable bonds is 11. The van der Waals surface area contributed by atoms with E-state index in [2.05, 4.69) is 24.0 Å². The first-order chi connectivity index (χ1) is 14.2. The van der Waals surface area contributed by atoms with Gasteiger partial charge in [-0.15, -0.1) is 0 Å². The summed E-state index contributed by atoms with van der Waals surface area (Å²) in [5.41, 5.74) is 1.22. The van der Waals surface area contributed by atoms with Crippen LogP contribution in [0.5, 0.6) is 11.5 Å². The lowest BCUT2D eigenvalue weighted by Gasteiger charge is -2.37. The molecule has 29 heavy (non-hydrogen) atoms. The Labute approximate surface area is 176 Å². The third kappa shape index (κ3) is 6.34. The number of hydrogen-bond donors (Lipinski definition) is 0. The van der Waals surface area contributed by atoms with Crippen molar-refractivity contribution in [3.8, 4) is 11.5 Å². The molecule has 1 saturated heterocycles. The summed E-state index contributed by atoms with van der Waals surface area (Å²) in [6.45, 7) is 6.10. The molecule has 0 radical (unpaired) electrons. The Morgan fingerprint density at radius 2 is 1.79 bits per heavy atom. The van der Waals surface area contributed by atoms with Gasteiger partial charge in [0.05, 0.1) is 33.0 Å². The van der Waals surface area contributed by atoms with Crippen molar-refractivity contribution in [3.63, 3.8) is 0 Å². The first-order valence-electron chi connectivity index (χ1n) is 11.4. The molecule has 0 aromatic heterocycles. The van der Waals surface area contributed by atoms with Crippen LogP contribution in [0.1, 0.15) is 57.4 Å². The van der Waals surface area contributed by atoms with Crippen molar-refractivity contribution in [1.82, 2.24) is 4.90 Å². The summed E-state index contributed by atoms with van der Waals surface area (Å²) in [5.74, 6) is 1.56. The third-order valence-corrected chi connectivity index (χ3v) is 6.34. The second kappa shape index (κ2) is 11.8. The van der Waals surface area contributed by atoms with Gasteiger partial charge in [-0.1, -0.05) is 32.3 Å². The van der Waals surface area contributed by atoms with Crippen LogP contribution >= 0.6 is 0 Å². The molecule has 1 aliphatic carbocycles. The third-order valence-electron chi connectivity index (χ3n) is 6.34. The minimum Gasteiger partial charge on any atom is -0.493 e. The van der Waals surface area contributed by atoms with Gasteiger partial charge >= 0.3 is 0 Å². The molecular weight excluding hydrogens is 366 g/mol. The van der Waals surface area contributed by atoms with Crippen molar-refractivity contribution in [3.05, 3.63) is 23.8 Å². The van der Waals surface area contributed by atoms with Gasteiger partial charge in [0.1, 0.15) is 0 Å². The molecule has 0 spiro atoms. The maximum Gasteiger partial charge on any atom is 0.160 e. The summed E-state index contributed by atoms with van der Waals surface area (Å²) in [7, 11) is 3.35. The topological polar surface area (TPSA) is 40.2 Å². The van der Waals surface area contributed by atoms with Gasteiger partial charge < -0.3 is 18.9 Å². The van der Waals surface area contributed by atoms with Crippen LogP contribution < -0.4 is 9.47 Å². The molecule has 1 aromatic rings. The summed E-state index contributed by atoms with van der Waals surface area (Å²) in [6.07, 6.45) is 10.2. The summed E-state index contributed by atoms with van der Waals surface area (Å²) < 4.78 is 23.2. The van der Waals surface area contributed by atoms with Gasteiger partial charge in [0, 0.05) is 25.7 Å². The van der Waals surface area contributed by atoms with Crippen molar-refractivity contribution >= 4 is 0 Å². The van der Waals surface area contributed by atoms with E-state index in [1.165, 1.54) is 50.5 Å². The monoisotopic (exact) mass is 405 g/mol. The second-order valence-corrected chi connectivity index (χ2v) is 8.33. The lowest BCUT2D eigenvalue weighted by Crippen LogP contribution is -2.46. The normalized spacial score (nSPS) is 25.3. The fourth-order valence-electron chi connectivity index (χ4n) is 4.64. The number of ether oxygens (including phenoxy) is 4. The average molecular weight is 406 g/mol. The number of benzene rings is 1. The number of likely N-dealkylation sites (tertiary alicyclic amines) is 1. The predicted molar refractivity (Wildman–Crippen MR) is 116 cm³/mol. The number of methoxy groups -OCH3 is 2. The van der Waals surface area contributed by atoms with Crippen molar-refractivity contribution < 1.29 is 18.9 Å². The van der Waals surface area contributed by atoms with Crippen LogP contribution in [0.4, 0.5) is 0 Å². The highest BCUT2D eigenvalue weighted by Gasteiger charge is 2.35. The molecule has 1 aromatic carbocycles. The molecule has 1 saturated carbocycles. The maximum absolute atomic E-state index is 6.42. The standard InChI is InChI=1S/C24H39NO4/c1-4-5-15-28-20-12-14-25(18-20)21-8-6-7-9-22(21)29-16-13-19-10-11-23(26-2)24(17-19)27-3/h10-11,17,20-22H,4-9,12-16,18H2,1-3H3/t20-,21?,22-/m1/s1. The van der Waals surface area contributed by atoms with Crippen molar-refractivity contribution in [1.29, 1.82) is 0 Å². The Bertz CT molecular complexity index is 609. The maximum atomic E-state index is 6.42. The molecule has 3 atom stereocenters. The molecule has 2 fully saturated rings. The quantitative estimate of drug-likeness (QED) is 0.508. The number of nitrogens with zero attached hydrogens (tertiary/aromatic N) is 1. The summed E-state index contributed by atoms with van der Waals surface area (Å²) in [4.78, 5) is 2.64. The molecule has 1 aliphatic heterocycles. The van der Waals surface area contributed by atoms with E-state index in [1.54, 1.807) is 14.2 Å². The first kappa shape index (κ1) is 22.4. The molecule has 1 heterocycles. The lowest BCUT2D eigenvalue weighted by atomic mass is 9.91. The SMILES string of the molecule is CCCCO[C@@H]1CCN(C2CCCC[C@H]2OCCc2ccc(OC)c(OC)c2)C1. The molecule has 1 unspecified atom stereocenters. The molecular formula is C24H39NO4. The van der Waals surface area contributed by atoms with Gasteiger partial charge in [-0.05, 0) is 49.8 Å². The Balaban J connectivity index is 1.48. The zero-order valence-electron chi connectivity index (χ0n) is 18.5. The van der Waals surface area contributed by atoms with Gasteiger partial charge in [0.2, 0.25) is 0 Å². The molecule has 2 aliphatic rings. The highest BCUT2D eigenvalue weighted by molar-refractivity contribution is 5.42. The van der Waals surface area contributed by atoms with Crippen LogP contribution in [0.15, 0.2) is 18.2 Å². The highest BCUT2D eigenvalue weighted by atomic mass is 16.5. The van der Waals surface area contributed by atoms with Crippen LogP contribution in [0.25, 0.3) is 0 Å². The summed E-state index contributed by atoms with van der Waals surface area (Å²) in [5, 5.41) is 0. The zero-order valence-corrected chi connectivity index (χ0v) is 18.5. The van der Waals surface area contributed by atoms with E-state index in [4.69, 9.17) is 18.9 Å². The van der Waals surface area contributed by atoms with Crippen LogP contribution in [0, 0.1) is 0 Å². The minimum absolute atomic E-state index is 0.346. The number of hydrogen-bond acceptors (Lipinski definition) is 5. The molecule has 0 N–H and O–H groups in total. The van der Waals surface area contributed by atoms with Gasteiger partial charge in [0.15, 0.2) is 11.5 Å². The smallest absolute Gasteiger partial charge is 0.160 e. The second-order valence-electron chi connectivity index (χ2n) is 8.33. The van der Waals surface area contributed by atoms with Crippen LogP contribution in [-0.2, 0) is 15.9 Å². The first-order valence-corrected chi connectivity index (χ1v) is 11.4. The van der Waals surface area contributed by atoms with E-state index in [9.17, 15) is 0 Å². The van der Waals surface area contributed by atoms with Crippen molar-refractivity contribution in [2.75, 3.05) is 40.5 Å². The van der Waals surface area contributed by atoms with Crippen molar-refractivity contribution in [2.45, 2.75) is 76.5 Å². The Morgan fingerprint density at radius 3 is 2.59 bits per heavy atom. The van der Waals surface area contributed by atoms with E-state index in [1.807, 2.05) is 6.07 Å². The lowest BCUT2D eigenvalue weighted by molar-refractivity contribution is -0.0345. The molecule has 164 valence electrons. The molecule has 0 amide bonds. The van der Waals surface area contributed by atoms with Crippen LogP contribution in [0.2, 0.25) is 0 Å². The summed E-state index contributed by atoms with van der Waals surface area (Å²) in [6, 6.07) is 6.68. The molecule has 0 bridgehead atoms. The summed E-state index contributed by atoms with van der Waals surface area (Å²) >= 11 is 0. The Morgan fingerprint density at radius 1 is 0.966 bits per heavy atom. The van der Waals surface area contributed by atoms with Gasteiger partial charge in [-0.2, -0.15) is 0 Å². The van der Waals surface area contributed by atoms with Crippen molar-refractivity contribution in [2.24, 2.45) is 0 Å². The van der Waals surface area contributed by atoms with Gasteiger partial charge in [-0.25, -0.2) is 0 Å². The van der Waals surface area contributed by atoms with Gasteiger partial charge in [0.25, 0.3) is 0 Å². The van der Waals surface area contributed by atoms with E-state index in [0.29, 0.717) is 18.2 Å². The molecule has 5 heteroatoms. The van der Waals surface area contributed by atoms with E-state index < -0.39 is 0 Å². The highest BCUT2D eigenvalue weighted by Crippen LogP contribution is 2.30. The predicted octanol–water partition coefficient (Wildman–Crippen LogP) is 4.47. The van der Waals surface area contributed by atoms with E-state index >= 15 is 0 Å². The Hall–Kier alpha value is -1.30. The Kier molecular flexibility index (Phi) is 9.09. The average Bonchev–Trinajstić information content (AvgIpc) is 3.23. The fourth-order valence-corrected chi connectivity index (χ4v) is 4.64. The molecule has 3 rings (SSSR count). The van der Waals surface area contributed by atoms with Crippen LogP contribution in [0.3, 0.4) is 0 Å². The fraction of sp³-hybridized carbons (Fsp3) is 0.750. The van der Waals surface area contributed by atoms with Gasteiger partial charge in [-0.3, -0.25) is 4.90 Å². The molecule has 5 nitrogen and oxygen atoms in total. The minimum atomic E-state index is 0.346. The van der Waals surface area contributed by atoms with Crippen LogP contribution in [-0.4, -0.2) is 63.7 Å². The van der Waals surface area contributed by atoms with E-state index in [-0.39, 0.29) is 0 Å².